The highest BCUT2D eigenvalue weighted by molar-refractivity contribution is 6.29. The lowest BCUT2D eigenvalue weighted by atomic mass is 10.0. The first-order valence-corrected chi connectivity index (χ1v) is 8.39. The van der Waals surface area contributed by atoms with Crippen molar-refractivity contribution in [2.45, 2.75) is 19.2 Å². The van der Waals surface area contributed by atoms with E-state index in [2.05, 4.69) is 0 Å². The van der Waals surface area contributed by atoms with Crippen LogP contribution in [-0.2, 0) is 4.79 Å². The van der Waals surface area contributed by atoms with Crippen molar-refractivity contribution in [3.8, 4) is 11.5 Å². The van der Waals surface area contributed by atoms with Crippen LogP contribution < -0.4 is 9.47 Å². The predicted octanol–water partition coefficient (Wildman–Crippen LogP) is 4.05. The number of Topliss-reactive ketones (excluding diaryl/α,β-unsaturated/α-hetero) is 1. The van der Waals surface area contributed by atoms with Crippen LogP contribution in [0.2, 0.25) is 0 Å². The number of carbonyl (C=O) groups excluding carboxylic acids is 2. The second kappa shape index (κ2) is 7.20. The lowest BCUT2D eigenvalue weighted by Gasteiger charge is -2.08. The molecular formula is C19H14ClNO6. The largest absolute Gasteiger partial charge is 0.452 e. The maximum Gasteiger partial charge on any atom is 0.329 e. The Labute approximate surface area is 159 Å². The summed E-state index contributed by atoms with van der Waals surface area (Å²) in [7, 11) is 0. The van der Waals surface area contributed by atoms with Gasteiger partial charge in [-0.15, -0.1) is 11.6 Å². The van der Waals surface area contributed by atoms with E-state index in [1.165, 1.54) is 37.3 Å². The van der Waals surface area contributed by atoms with Crippen molar-refractivity contribution in [2.75, 3.05) is 0 Å². The van der Waals surface area contributed by atoms with Gasteiger partial charge < -0.3 is 9.47 Å². The summed E-state index contributed by atoms with van der Waals surface area (Å²) in [5.41, 5.74) is 1.30. The topological polar surface area (TPSA) is 95.7 Å². The van der Waals surface area contributed by atoms with Gasteiger partial charge in [-0.05, 0) is 37.1 Å². The fraction of sp³-hybridized carbons (Fsp3) is 0.158. The van der Waals surface area contributed by atoms with Crippen molar-refractivity contribution in [1.29, 1.82) is 0 Å². The van der Waals surface area contributed by atoms with Crippen LogP contribution in [0.4, 0.5) is 5.69 Å². The summed E-state index contributed by atoms with van der Waals surface area (Å²) in [5, 5.41) is 10.1. The summed E-state index contributed by atoms with van der Waals surface area (Å²) in [6.07, 6.45) is 1.43. The van der Waals surface area contributed by atoms with Crippen LogP contribution in [0.5, 0.6) is 11.5 Å². The number of nitro groups is 1. The highest BCUT2D eigenvalue weighted by Gasteiger charge is 2.30. The molecule has 1 aliphatic heterocycles. The predicted molar refractivity (Wildman–Crippen MR) is 98.2 cm³/mol. The minimum atomic E-state index is -0.814. The first kappa shape index (κ1) is 18.6. The van der Waals surface area contributed by atoms with E-state index in [0.717, 1.165) is 0 Å². The third-order valence-corrected chi connectivity index (χ3v) is 4.04. The molecule has 2 aromatic rings. The van der Waals surface area contributed by atoms with Crippen molar-refractivity contribution < 1.29 is 24.0 Å². The summed E-state index contributed by atoms with van der Waals surface area (Å²) in [4.78, 5) is 34.6. The number of ether oxygens (including phenoxy) is 2. The molecule has 8 heteroatoms. The SMILES string of the molecule is Cc1cc(OC(=O)C(C)Cl)cc2c1C(=O)/C(=C/c1cccc([N+](=O)[O-])c1)O2. The molecule has 1 atom stereocenters. The Kier molecular flexibility index (Phi) is 4.96. The van der Waals surface area contributed by atoms with Crippen LogP contribution in [0.25, 0.3) is 6.08 Å². The number of fused-ring (bicyclic) bond motifs is 1. The van der Waals surface area contributed by atoms with Gasteiger partial charge in [-0.25, -0.2) is 0 Å². The third-order valence-electron chi connectivity index (χ3n) is 3.87. The van der Waals surface area contributed by atoms with Crippen LogP contribution in [-0.4, -0.2) is 22.1 Å². The van der Waals surface area contributed by atoms with Gasteiger partial charge in [0.15, 0.2) is 5.76 Å². The molecular weight excluding hydrogens is 374 g/mol. The number of benzene rings is 2. The van der Waals surface area contributed by atoms with E-state index < -0.39 is 16.3 Å². The maximum atomic E-state index is 12.6. The molecule has 0 aliphatic carbocycles. The molecule has 0 saturated heterocycles. The second-order valence-corrected chi connectivity index (χ2v) is 6.60. The molecule has 1 unspecified atom stereocenters. The minimum Gasteiger partial charge on any atom is -0.452 e. The van der Waals surface area contributed by atoms with Crippen molar-refractivity contribution in [1.82, 2.24) is 0 Å². The van der Waals surface area contributed by atoms with Gasteiger partial charge in [0.1, 0.15) is 16.9 Å². The lowest BCUT2D eigenvalue weighted by Crippen LogP contribution is -2.17. The number of ketones is 1. The zero-order valence-electron chi connectivity index (χ0n) is 14.4. The first-order valence-electron chi connectivity index (χ1n) is 7.95. The van der Waals surface area contributed by atoms with E-state index in [1.54, 1.807) is 19.1 Å². The molecule has 0 aromatic heterocycles. The number of nitrogens with zero attached hydrogens (tertiary/aromatic N) is 1. The van der Waals surface area contributed by atoms with Gasteiger partial charge in [0.05, 0.1) is 10.5 Å². The molecule has 7 nitrogen and oxygen atoms in total. The number of rotatable bonds is 4. The Hall–Kier alpha value is -3.19. The molecule has 0 fully saturated rings. The molecule has 2 aromatic carbocycles. The van der Waals surface area contributed by atoms with Gasteiger partial charge in [-0.1, -0.05) is 12.1 Å². The second-order valence-electron chi connectivity index (χ2n) is 5.94. The van der Waals surface area contributed by atoms with E-state index in [9.17, 15) is 19.7 Å². The fourth-order valence-corrected chi connectivity index (χ4v) is 2.66. The number of non-ortho nitro benzene ring substituents is 1. The van der Waals surface area contributed by atoms with Gasteiger partial charge in [-0.2, -0.15) is 0 Å². The molecule has 0 bridgehead atoms. The summed E-state index contributed by atoms with van der Waals surface area (Å²) in [6.45, 7) is 3.18. The first-order chi connectivity index (χ1) is 12.8. The number of carbonyl (C=O) groups is 2. The van der Waals surface area contributed by atoms with E-state index in [4.69, 9.17) is 21.1 Å². The van der Waals surface area contributed by atoms with E-state index >= 15 is 0 Å². The number of alkyl halides is 1. The lowest BCUT2D eigenvalue weighted by molar-refractivity contribution is -0.384. The quantitative estimate of drug-likeness (QED) is 0.196. The molecule has 1 aliphatic rings. The normalized spacial score (nSPS) is 15.2. The smallest absolute Gasteiger partial charge is 0.329 e. The number of aryl methyl sites for hydroxylation is 1. The summed E-state index contributed by atoms with van der Waals surface area (Å²) in [6, 6.07) is 8.83. The van der Waals surface area contributed by atoms with Crippen molar-refractivity contribution in [3.05, 3.63) is 69.0 Å². The maximum absolute atomic E-state index is 12.6. The highest BCUT2D eigenvalue weighted by Crippen LogP contribution is 2.37. The molecule has 138 valence electrons. The average Bonchev–Trinajstić information content (AvgIpc) is 2.91. The molecule has 0 spiro atoms. The summed E-state index contributed by atoms with van der Waals surface area (Å²) < 4.78 is 10.8. The number of allylic oxidation sites excluding steroid dienone is 1. The third kappa shape index (κ3) is 3.83. The standard InChI is InChI=1S/C19H14ClNO6/c1-10-6-14(26-19(23)11(2)20)9-15-17(10)18(22)16(27-15)8-12-4-3-5-13(7-12)21(24)25/h3-9,11H,1-2H3/b16-8-. The van der Waals surface area contributed by atoms with Crippen LogP contribution >= 0.6 is 11.6 Å². The number of hydrogen-bond acceptors (Lipinski definition) is 6. The molecule has 27 heavy (non-hydrogen) atoms. The molecule has 3 rings (SSSR count). The monoisotopic (exact) mass is 387 g/mol. The van der Waals surface area contributed by atoms with Gasteiger partial charge in [0.25, 0.3) is 5.69 Å². The summed E-state index contributed by atoms with van der Waals surface area (Å²) in [5.74, 6) is -0.470. The Balaban J connectivity index is 1.93. The summed E-state index contributed by atoms with van der Waals surface area (Å²) >= 11 is 5.69. The van der Waals surface area contributed by atoms with E-state index in [-0.39, 0.29) is 28.7 Å². The van der Waals surface area contributed by atoms with Crippen molar-refractivity contribution in [2.24, 2.45) is 0 Å². The van der Waals surface area contributed by atoms with E-state index in [0.29, 0.717) is 16.7 Å². The Morgan fingerprint density at radius 3 is 2.74 bits per heavy atom. The molecule has 1 heterocycles. The number of halogens is 1. The van der Waals surface area contributed by atoms with Gasteiger partial charge in [0, 0.05) is 18.2 Å². The van der Waals surface area contributed by atoms with Gasteiger partial charge in [0.2, 0.25) is 5.78 Å². The van der Waals surface area contributed by atoms with Gasteiger partial charge >= 0.3 is 5.97 Å². The Morgan fingerprint density at radius 2 is 2.07 bits per heavy atom. The zero-order chi connectivity index (χ0) is 19.7. The molecule has 0 radical (unpaired) electrons. The molecule has 0 saturated carbocycles. The molecule has 0 amide bonds. The van der Waals surface area contributed by atoms with Crippen molar-refractivity contribution >= 4 is 35.1 Å². The van der Waals surface area contributed by atoms with Crippen LogP contribution in [0.1, 0.15) is 28.4 Å². The average molecular weight is 388 g/mol. The van der Waals surface area contributed by atoms with Crippen LogP contribution in [0, 0.1) is 17.0 Å². The van der Waals surface area contributed by atoms with Crippen LogP contribution in [0.3, 0.4) is 0 Å². The minimum absolute atomic E-state index is 0.0304. The number of hydrogen-bond donors (Lipinski definition) is 0. The molecule has 0 N–H and O–H groups in total. The Morgan fingerprint density at radius 1 is 1.33 bits per heavy atom. The highest BCUT2D eigenvalue weighted by atomic mass is 35.5. The zero-order valence-corrected chi connectivity index (χ0v) is 15.1. The van der Waals surface area contributed by atoms with E-state index in [1.807, 2.05) is 0 Å². The number of esters is 1. The Bertz CT molecular complexity index is 996. The number of nitro benzene ring substituents is 1. The van der Waals surface area contributed by atoms with Gasteiger partial charge in [-0.3, -0.25) is 19.7 Å². The van der Waals surface area contributed by atoms with Crippen LogP contribution in [0.15, 0.2) is 42.2 Å². The fourth-order valence-electron chi connectivity index (χ4n) is 2.61. The van der Waals surface area contributed by atoms with Crippen molar-refractivity contribution in [3.63, 3.8) is 0 Å².